The summed E-state index contributed by atoms with van der Waals surface area (Å²) in [5.74, 6) is -0.933. The van der Waals surface area contributed by atoms with E-state index in [9.17, 15) is 9.59 Å². The van der Waals surface area contributed by atoms with Crippen LogP contribution >= 0.6 is 31.9 Å². The first kappa shape index (κ1) is 19.2. The van der Waals surface area contributed by atoms with E-state index in [0.717, 1.165) is 12.8 Å². The second-order valence-electron chi connectivity index (χ2n) is 5.06. The number of ether oxygens (including phenoxy) is 2. The number of rotatable bonds is 6. The minimum Gasteiger partial charge on any atom is -0.459 e. The molecule has 1 aromatic rings. The molecular formula is C16H20Br2O4. The molecular weight excluding hydrogens is 416 g/mol. The molecule has 0 aliphatic carbocycles. The van der Waals surface area contributed by atoms with Gasteiger partial charge >= 0.3 is 11.9 Å². The predicted octanol–water partition coefficient (Wildman–Crippen LogP) is 5.12. The molecule has 0 amide bonds. The van der Waals surface area contributed by atoms with Crippen LogP contribution in [0.15, 0.2) is 21.1 Å². The van der Waals surface area contributed by atoms with Crippen molar-refractivity contribution in [1.29, 1.82) is 0 Å². The van der Waals surface area contributed by atoms with E-state index in [2.05, 4.69) is 31.9 Å². The number of esters is 2. The van der Waals surface area contributed by atoms with Crippen molar-refractivity contribution >= 4 is 43.8 Å². The van der Waals surface area contributed by atoms with Gasteiger partial charge in [0.05, 0.1) is 23.3 Å². The van der Waals surface area contributed by atoms with Crippen LogP contribution in [0.1, 0.15) is 61.3 Å². The lowest BCUT2D eigenvalue weighted by Gasteiger charge is -2.15. The largest absolute Gasteiger partial charge is 0.459 e. The standard InChI is InChI=1S/C16H20Br2O4/c1-5-9(3)21-15(19)11-7-12(14(18)8-13(11)17)16(20)22-10(4)6-2/h7-10H,5-6H2,1-4H3. The van der Waals surface area contributed by atoms with Crippen LogP contribution in [-0.4, -0.2) is 24.1 Å². The number of carbonyl (C=O) groups excluding carboxylic acids is 2. The topological polar surface area (TPSA) is 52.6 Å². The fourth-order valence-corrected chi connectivity index (χ4v) is 2.84. The Hall–Kier alpha value is -0.880. The lowest BCUT2D eigenvalue weighted by molar-refractivity contribution is 0.0332. The van der Waals surface area contributed by atoms with Crippen LogP contribution < -0.4 is 0 Å². The fourth-order valence-electron chi connectivity index (χ4n) is 1.52. The molecule has 6 heteroatoms. The van der Waals surface area contributed by atoms with Crippen LogP contribution in [0.3, 0.4) is 0 Å². The Bertz CT molecular complexity index is 512. The lowest BCUT2D eigenvalue weighted by atomic mass is 10.1. The summed E-state index contributed by atoms with van der Waals surface area (Å²) < 4.78 is 11.7. The minimum atomic E-state index is -0.466. The monoisotopic (exact) mass is 434 g/mol. The van der Waals surface area contributed by atoms with Crippen LogP contribution in [0.25, 0.3) is 0 Å². The van der Waals surface area contributed by atoms with E-state index in [-0.39, 0.29) is 12.2 Å². The van der Waals surface area contributed by atoms with E-state index in [1.807, 2.05) is 27.7 Å². The first-order valence-corrected chi connectivity index (χ1v) is 8.79. The molecule has 1 rings (SSSR count). The normalized spacial score (nSPS) is 13.4. The molecule has 2 atom stereocenters. The average molecular weight is 436 g/mol. The Kier molecular flexibility index (Phi) is 7.56. The second-order valence-corrected chi connectivity index (χ2v) is 6.77. The summed E-state index contributed by atoms with van der Waals surface area (Å²) in [6.45, 7) is 7.51. The van der Waals surface area contributed by atoms with Crippen LogP contribution in [0.2, 0.25) is 0 Å². The van der Waals surface area contributed by atoms with Crippen molar-refractivity contribution in [3.05, 3.63) is 32.2 Å². The molecule has 0 saturated carbocycles. The zero-order chi connectivity index (χ0) is 16.9. The van der Waals surface area contributed by atoms with Crippen molar-refractivity contribution in [2.75, 3.05) is 0 Å². The highest BCUT2D eigenvalue weighted by atomic mass is 79.9. The van der Waals surface area contributed by atoms with Crippen LogP contribution in [0.5, 0.6) is 0 Å². The zero-order valence-electron chi connectivity index (χ0n) is 13.1. The fraction of sp³-hybridized carbons (Fsp3) is 0.500. The number of hydrogen-bond donors (Lipinski definition) is 0. The SMILES string of the molecule is CCC(C)OC(=O)c1cc(C(=O)OC(C)CC)c(Br)cc1Br. The van der Waals surface area contributed by atoms with E-state index < -0.39 is 11.9 Å². The summed E-state index contributed by atoms with van der Waals surface area (Å²) in [4.78, 5) is 24.4. The van der Waals surface area contributed by atoms with E-state index in [1.54, 1.807) is 6.07 Å². The Labute approximate surface area is 147 Å². The molecule has 0 spiro atoms. The Balaban J connectivity index is 3.08. The van der Waals surface area contributed by atoms with Crippen molar-refractivity contribution in [3.63, 3.8) is 0 Å². The third kappa shape index (κ3) is 5.09. The summed E-state index contributed by atoms with van der Waals surface area (Å²) >= 11 is 6.65. The molecule has 0 aromatic heterocycles. The summed E-state index contributed by atoms with van der Waals surface area (Å²) in [5.41, 5.74) is 0.610. The molecule has 0 fully saturated rings. The van der Waals surface area contributed by atoms with Crippen molar-refractivity contribution < 1.29 is 19.1 Å². The van der Waals surface area contributed by atoms with Gasteiger partial charge < -0.3 is 9.47 Å². The highest BCUT2D eigenvalue weighted by Gasteiger charge is 2.21. The molecule has 0 radical (unpaired) electrons. The van der Waals surface area contributed by atoms with Gasteiger partial charge in [0.25, 0.3) is 0 Å². The van der Waals surface area contributed by atoms with Crippen molar-refractivity contribution in [3.8, 4) is 0 Å². The Morgan fingerprint density at radius 2 is 1.27 bits per heavy atom. The van der Waals surface area contributed by atoms with Gasteiger partial charge in [-0.05, 0) is 70.7 Å². The van der Waals surface area contributed by atoms with Gasteiger partial charge in [-0.3, -0.25) is 0 Å². The number of benzene rings is 1. The highest BCUT2D eigenvalue weighted by molar-refractivity contribution is 9.11. The van der Waals surface area contributed by atoms with Gasteiger partial charge in [-0.15, -0.1) is 0 Å². The third-order valence-electron chi connectivity index (χ3n) is 3.26. The van der Waals surface area contributed by atoms with Crippen molar-refractivity contribution in [2.45, 2.75) is 52.7 Å². The molecule has 0 aliphatic rings. The lowest BCUT2D eigenvalue weighted by Crippen LogP contribution is -2.17. The van der Waals surface area contributed by atoms with Gasteiger partial charge in [-0.1, -0.05) is 13.8 Å². The molecule has 0 heterocycles. The first-order chi connectivity index (χ1) is 10.3. The van der Waals surface area contributed by atoms with Gasteiger partial charge in [0.2, 0.25) is 0 Å². The quantitative estimate of drug-likeness (QED) is 0.581. The maximum atomic E-state index is 12.2. The third-order valence-corrected chi connectivity index (χ3v) is 4.58. The van der Waals surface area contributed by atoms with Gasteiger partial charge in [0.15, 0.2) is 0 Å². The van der Waals surface area contributed by atoms with Gasteiger partial charge in [0.1, 0.15) is 0 Å². The van der Waals surface area contributed by atoms with Crippen molar-refractivity contribution in [1.82, 2.24) is 0 Å². The van der Waals surface area contributed by atoms with Gasteiger partial charge in [-0.2, -0.15) is 0 Å². The van der Waals surface area contributed by atoms with E-state index in [4.69, 9.17) is 9.47 Å². The molecule has 2 unspecified atom stereocenters. The number of halogens is 2. The Morgan fingerprint density at radius 1 is 0.909 bits per heavy atom. The molecule has 22 heavy (non-hydrogen) atoms. The summed E-state index contributed by atoms with van der Waals surface area (Å²) in [5, 5.41) is 0. The van der Waals surface area contributed by atoms with E-state index in [0.29, 0.717) is 20.1 Å². The smallest absolute Gasteiger partial charge is 0.339 e. The van der Waals surface area contributed by atoms with E-state index in [1.165, 1.54) is 6.07 Å². The molecule has 122 valence electrons. The average Bonchev–Trinajstić information content (AvgIpc) is 2.46. The van der Waals surface area contributed by atoms with Crippen molar-refractivity contribution in [2.24, 2.45) is 0 Å². The molecule has 0 aliphatic heterocycles. The summed E-state index contributed by atoms with van der Waals surface area (Å²) in [6, 6.07) is 3.14. The molecule has 1 aromatic carbocycles. The van der Waals surface area contributed by atoms with Crippen LogP contribution in [0, 0.1) is 0 Å². The second kappa shape index (κ2) is 8.67. The first-order valence-electron chi connectivity index (χ1n) is 7.21. The van der Waals surface area contributed by atoms with Crippen LogP contribution in [0.4, 0.5) is 0 Å². The van der Waals surface area contributed by atoms with Gasteiger partial charge in [0, 0.05) is 8.95 Å². The van der Waals surface area contributed by atoms with Gasteiger partial charge in [-0.25, -0.2) is 9.59 Å². The predicted molar refractivity (Wildman–Crippen MR) is 92.2 cm³/mol. The maximum Gasteiger partial charge on any atom is 0.339 e. The minimum absolute atomic E-state index is 0.182. The summed E-state index contributed by atoms with van der Waals surface area (Å²) in [6.07, 6.45) is 1.09. The zero-order valence-corrected chi connectivity index (χ0v) is 16.3. The number of carbonyl (C=O) groups is 2. The molecule has 0 bridgehead atoms. The molecule has 0 N–H and O–H groups in total. The Morgan fingerprint density at radius 3 is 1.59 bits per heavy atom. The number of hydrogen-bond acceptors (Lipinski definition) is 4. The van der Waals surface area contributed by atoms with Crippen LogP contribution in [-0.2, 0) is 9.47 Å². The van der Waals surface area contributed by atoms with E-state index >= 15 is 0 Å². The molecule has 0 saturated heterocycles. The maximum absolute atomic E-state index is 12.2. The highest BCUT2D eigenvalue weighted by Crippen LogP contribution is 2.28. The molecule has 4 nitrogen and oxygen atoms in total. The summed E-state index contributed by atoms with van der Waals surface area (Å²) in [7, 11) is 0.